The molecule has 0 saturated heterocycles. The molecular formula is C35H67N2O6P. The average molecular weight is 643 g/mol. The summed E-state index contributed by atoms with van der Waals surface area (Å²) in [5, 5.41) is 13.6. The van der Waals surface area contributed by atoms with Gasteiger partial charge in [-0.3, -0.25) is 9.36 Å². The Morgan fingerprint density at radius 2 is 1.32 bits per heavy atom. The summed E-state index contributed by atoms with van der Waals surface area (Å²) in [5.41, 5.74) is 0. The smallest absolute Gasteiger partial charge is 0.268 e. The molecule has 0 rings (SSSR count). The maximum absolute atomic E-state index is 12.7. The summed E-state index contributed by atoms with van der Waals surface area (Å²) < 4.78 is 22.9. The molecule has 0 aliphatic heterocycles. The Hall–Kier alpha value is -1.28. The Balaban J connectivity index is 4.59. The van der Waals surface area contributed by atoms with Gasteiger partial charge in [0.25, 0.3) is 7.82 Å². The monoisotopic (exact) mass is 642 g/mol. The first-order valence-electron chi connectivity index (χ1n) is 17.3. The molecule has 0 aromatic heterocycles. The van der Waals surface area contributed by atoms with Crippen molar-refractivity contribution in [2.75, 3.05) is 40.9 Å². The number of allylic oxidation sites excluding steroid dienone is 5. The number of unbranched alkanes of at least 4 members (excludes halogenated alkanes) is 14. The molecule has 258 valence electrons. The zero-order valence-corrected chi connectivity index (χ0v) is 29.7. The van der Waals surface area contributed by atoms with Crippen LogP contribution in [0, 0.1) is 0 Å². The minimum absolute atomic E-state index is 0.00887. The van der Waals surface area contributed by atoms with E-state index in [0.29, 0.717) is 17.4 Å². The van der Waals surface area contributed by atoms with Gasteiger partial charge in [-0.2, -0.15) is 0 Å². The van der Waals surface area contributed by atoms with Crippen molar-refractivity contribution in [2.24, 2.45) is 0 Å². The molecule has 1 amide bonds. The third-order valence-corrected chi connectivity index (χ3v) is 8.39. The fourth-order valence-corrected chi connectivity index (χ4v) is 5.32. The lowest BCUT2D eigenvalue weighted by Gasteiger charge is -2.29. The molecule has 0 aliphatic carbocycles. The number of likely N-dealkylation sites (N-methyl/N-ethyl adjacent to an activating group) is 1. The normalized spacial score (nSPS) is 15.3. The van der Waals surface area contributed by atoms with Crippen LogP contribution < -0.4 is 10.2 Å². The predicted molar refractivity (Wildman–Crippen MR) is 182 cm³/mol. The van der Waals surface area contributed by atoms with Crippen molar-refractivity contribution in [3.63, 3.8) is 0 Å². The van der Waals surface area contributed by atoms with E-state index in [-0.39, 0.29) is 12.5 Å². The van der Waals surface area contributed by atoms with Crippen molar-refractivity contribution < 1.29 is 32.9 Å². The lowest BCUT2D eigenvalue weighted by Crippen LogP contribution is -2.45. The zero-order chi connectivity index (χ0) is 32.9. The first-order chi connectivity index (χ1) is 21.0. The van der Waals surface area contributed by atoms with Crippen LogP contribution >= 0.6 is 7.82 Å². The van der Waals surface area contributed by atoms with Crippen LogP contribution in [-0.4, -0.2) is 68.5 Å². The molecule has 9 heteroatoms. The summed E-state index contributed by atoms with van der Waals surface area (Å²) in [4.78, 5) is 25.0. The number of nitrogens with zero attached hydrogens (tertiary/aromatic N) is 1. The van der Waals surface area contributed by atoms with Crippen LogP contribution in [0.4, 0.5) is 0 Å². The minimum Gasteiger partial charge on any atom is -0.756 e. The van der Waals surface area contributed by atoms with Gasteiger partial charge in [-0.05, 0) is 39.0 Å². The van der Waals surface area contributed by atoms with E-state index in [1.807, 2.05) is 40.2 Å². The van der Waals surface area contributed by atoms with Crippen molar-refractivity contribution in [3.05, 3.63) is 36.5 Å². The van der Waals surface area contributed by atoms with Gasteiger partial charge in [-0.25, -0.2) is 0 Å². The van der Waals surface area contributed by atoms with Crippen molar-refractivity contribution in [3.8, 4) is 0 Å². The van der Waals surface area contributed by atoms with Gasteiger partial charge in [-0.1, -0.05) is 120 Å². The van der Waals surface area contributed by atoms with Gasteiger partial charge in [0.15, 0.2) is 0 Å². The van der Waals surface area contributed by atoms with Crippen LogP contribution in [0.25, 0.3) is 0 Å². The molecule has 0 fully saturated rings. The number of nitrogens with one attached hydrogen (secondary N) is 1. The van der Waals surface area contributed by atoms with Crippen LogP contribution in [0.2, 0.25) is 0 Å². The van der Waals surface area contributed by atoms with E-state index >= 15 is 0 Å². The van der Waals surface area contributed by atoms with E-state index in [9.17, 15) is 19.4 Å². The van der Waals surface area contributed by atoms with Crippen LogP contribution in [0.5, 0.6) is 0 Å². The number of aliphatic hydroxyl groups excluding tert-OH is 1. The first kappa shape index (κ1) is 42.7. The van der Waals surface area contributed by atoms with E-state index in [1.165, 1.54) is 64.2 Å². The highest BCUT2D eigenvalue weighted by atomic mass is 31.2. The summed E-state index contributed by atoms with van der Waals surface area (Å²) in [5.74, 6) is -0.218. The maximum Gasteiger partial charge on any atom is 0.268 e. The second-order valence-corrected chi connectivity index (χ2v) is 14.3. The first-order valence-corrected chi connectivity index (χ1v) is 18.8. The van der Waals surface area contributed by atoms with Gasteiger partial charge in [0.2, 0.25) is 5.91 Å². The summed E-state index contributed by atoms with van der Waals surface area (Å²) in [6.45, 7) is 4.34. The van der Waals surface area contributed by atoms with E-state index in [4.69, 9.17) is 9.05 Å². The molecule has 8 nitrogen and oxygen atoms in total. The number of rotatable bonds is 30. The van der Waals surface area contributed by atoms with Gasteiger partial charge in [-0.15, -0.1) is 0 Å². The van der Waals surface area contributed by atoms with Crippen molar-refractivity contribution >= 4 is 13.7 Å². The molecule has 0 bridgehead atoms. The lowest BCUT2D eigenvalue weighted by molar-refractivity contribution is -0.870. The zero-order valence-electron chi connectivity index (χ0n) is 28.9. The molecule has 0 saturated carbocycles. The molecule has 44 heavy (non-hydrogen) atoms. The standard InChI is InChI=1S/C35H67N2O6P/c1-6-8-10-12-14-16-17-18-19-21-23-25-27-29-35(39)36-33(32-43-44(40,41)42-31-30-37(3,4)5)34(38)28-26-24-22-20-15-13-11-9-7-2/h7,9,15,20,26,28,33-34,38H,6,8,10-14,16-19,21-25,27,29-32H2,1-5H3,(H-,36,39,40,41)/b9-7+,20-15+,28-26+. The van der Waals surface area contributed by atoms with E-state index in [0.717, 1.165) is 44.9 Å². The van der Waals surface area contributed by atoms with Crippen LogP contribution in [-0.2, 0) is 18.4 Å². The fourth-order valence-electron chi connectivity index (χ4n) is 4.60. The molecule has 0 aliphatic rings. The topological polar surface area (TPSA) is 108 Å². The summed E-state index contributed by atoms with van der Waals surface area (Å²) >= 11 is 0. The maximum atomic E-state index is 12.7. The Morgan fingerprint density at radius 3 is 1.84 bits per heavy atom. The second-order valence-electron chi connectivity index (χ2n) is 12.9. The van der Waals surface area contributed by atoms with E-state index in [1.54, 1.807) is 6.08 Å². The van der Waals surface area contributed by atoms with Crippen molar-refractivity contribution in [1.29, 1.82) is 0 Å². The molecule has 0 heterocycles. The number of hydrogen-bond acceptors (Lipinski definition) is 6. The van der Waals surface area contributed by atoms with Crippen LogP contribution in [0.3, 0.4) is 0 Å². The molecule has 3 unspecified atom stereocenters. The average Bonchev–Trinajstić information content (AvgIpc) is 2.95. The van der Waals surface area contributed by atoms with Gasteiger partial charge in [0.1, 0.15) is 13.2 Å². The third kappa shape index (κ3) is 29.4. The molecule has 0 aromatic rings. The van der Waals surface area contributed by atoms with E-state index in [2.05, 4.69) is 30.5 Å². The number of hydrogen-bond donors (Lipinski definition) is 2. The number of phosphoric acid groups is 1. The van der Waals surface area contributed by atoms with Crippen LogP contribution in [0.15, 0.2) is 36.5 Å². The number of amides is 1. The summed E-state index contributed by atoms with van der Waals surface area (Å²) in [6.07, 6.45) is 30.7. The Morgan fingerprint density at radius 1 is 0.818 bits per heavy atom. The van der Waals surface area contributed by atoms with Crippen LogP contribution in [0.1, 0.15) is 129 Å². The minimum atomic E-state index is -4.58. The Labute approximate surface area is 270 Å². The van der Waals surface area contributed by atoms with Crippen molar-refractivity contribution in [1.82, 2.24) is 5.32 Å². The van der Waals surface area contributed by atoms with Gasteiger partial charge in [0.05, 0.1) is 39.9 Å². The largest absolute Gasteiger partial charge is 0.756 e. The highest BCUT2D eigenvalue weighted by molar-refractivity contribution is 7.45. The number of carbonyl (C=O) groups is 1. The highest BCUT2D eigenvalue weighted by Gasteiger charge is 2.23. The molecule has 0 radical (unpaired) electrons. The SMILES string of the molecule is C/C=C/CC/C=C/CC/C=C/C(O)C(COP(=O)([O-])OCC[N+](C)(C)C)NC(=O)CCCCCCCCCCCCCCC. The summed E-state index contributed by atoms with van der Waals surface area (Å²) in [6, 6.07) is -0.902. The fraction of sp³-hybridized carbons (Fsp3) is 0.800. The molecule has 0 spiro atoms. The highest BCUT2D eigenvalue weighted by Crippen LogP contribution is 2.38. The van der Waals surface area contributed by atoms with E-state index < -0.39 is 26.6 Å². The Kier molecular flexibility index (Phi) is 27.2. The van der Waals surface area contributed by atoms with Crippen molar-refractivity contribution in [2.45, 2.75) is 142 Å². The van der Waals surface area contributed by atoms with Gasteiger partial charge < -0.3 is 28.8 Å². The second kappa shape index (κ2) is 28.0. The molecule has 2 N–H and O–H groups in total. The Bertz CT molecular complexity index is 825. The van der Waals surface area contributed by atoms with Gasteiger partial charge in [0, 0.05) is 6.42 Å². The number of carbonyl (C=O) groups excluding carboxylic acids is 1. The number of phosphoric ester groups is 1. The number of aliphatic hydroxyl groups is 1. The molecule has 3 atom stereocenters. The number of quaternary nitrogens is 1. The predicted octanol–water partition coefficient (Wildman–Crippen LogP) is 7.77. The lowest BCUT2D eigenvalue weighted by atomic mass is 10.0. The molecular weight excluding hydrogens is 575 g/mol. The quantitative estimate of drug-likeness (QED) is 0.0359. The third-order valence-electron chi connectivity index (χ3n) is 7.43. The van der Waals surface area contributed by atoms with Gasteiger partial charge >= 0.3 is 0 Å². The summed E-state index contributed by atoms with van der Waals surface area (Å²) in [7, 11) is 1.23. The molecule has 0 aromatic carbocycles.